The molecule has 148 valence electrons. The van der Waals surface area contributed by atoms with Gasteiger partial charge in [-0.1, -0.05) is 0 Å². The minimum Gasteiger partial charge on any atom is -0.342 e. The van der Waals surface area contributed by atoms with E-state index < -0.39 is 0 Å². The zero-order valence-corrected chi connectivity index (χ0v) is 16.1. The zero-order valence-electron chi connectivity index (χ0n) is 16.1. The summed E-state index contributed by atoms with van der Waals surface area (Å²) in [5.41, 5.74) is 0.216. The number of aryl methyl sites for hydroxylation is 1. The molecule has 7 nitrogen and oxygen atoms in total. The summed E-state index contributed by atoms with van der Waals surface area (Å²) in [5, 5.41) is 3.29. The van der Waals surface area contributed by atoms with Gasteiger partial charge in [0.05, 0.1) is 12.2 Å². The van der Waals surface area contributed by atoms with E-state index in [2.05, 4.69) is 24.7 Å². The number of amides is 2. The number of nitrogens with one attached hydrogen (secondary N) is 1. The smallest absolute Gasteiger partial charge is 0.227 e. The van der Waals surface area contributed by atoms with Crippen molar-refractivity contribution in [2.24, 2.45) is 11.3 Å². The molecule has 4 heterocycles. The molecule has 3 saturated heterocycles. The molecule has 1 aromatic heterocycles. The molecule has 0 radical (unpaired) electrons. The largest absolute Gasteiger partial charge is 0.342 e. The summed E-state index contributed by atoms with van der Waals surface area (Å²) in [6.07, 6.45) is 11.2. The Morgan fingerprint density at radius 1 is 1.26 bits per heavy atom. The SMILES string of the molecule is O=C1CCC2(CCN(C(=O)C3CCNC3)CC2)CN1CCCn1ccnc1. The lowest BCUT2D eigenvalue weighted by atomic mass is 9.72. The van der Waals surface area contributed by atoms with Crippen LogP contribution in [0.25, 0.3) is 0 Å². The predicted molar refractivity (Wildman–Crippen MR) is 102 cm³/mol. The van der Waals surface area contributed by atoms with E-state index in [0.717, 1.165) is 77.9 Å². The highest BCUT2D eigenvalue weighted by atomic mass is 16.2. The average Bonchev–Trinajstić information content (AvgIpc) is 3.39. The summed E-state index contributed by atoms with van der Waals surface area (Å²) in [6, 6.07) is 0. The Labute approximate surface area is 161 Å². The lowest BCUT2D eigenvalue weighted by Gasteiger charge is -2.47. The fourth-order valence-corrected chi connectivity index (χ4v) is 4.90. The van der Waals surface area contributed by atoms with Gasteiger partial charge in [-0.3, -0.25) is 9.59 Å². The number of hydrogen-bond donors (Lipinski definition) is 1. The van der Waals surface area contributed by atoms with Crippen LogP contribution < -0.4 is 5.32 Å². The van der Waals surface area contributed by atoms with Gasteiger partial charge in [-0.05, 0) is 44.1 Å². The monoisotopic (exact) mass is 373 g/mol. The van der Waals surface area contributed by atoms with Crippen LogP contribution in [-0.4, -0.2) is 70.4 Å². The van der Waals surface area contributed by atoms with Crippen LogP contribution in [0.15, 0.2) is 18.7 Å². The molecule has 1 spiro atoms. The molecular formula is C20H31N5O2. The summed E-state index contributed by atoms with van der Waals surface area (Å²) >= 11 is 0. The third kappa shape index (κ3) is 4.18. The number of rotatable bonds is 5. The molecule has 1 aromatic rings. The molecule has 0 saturated carbocycles. The van der Waals surface area contributed by atoms with E-state index in [0.29, 0.717) is 18.2 Å². The van der Waals surface area contributed by atoms with Crippen LogP contribution in [0.2, 0.25) is 0 Å². The maximum atomic E-state index is 12.7. The highest BCUT2D eigenvalue weighted by Gasteiger charge is 2.42. The fourth-order valence-electron chi connectivity index (χ4n) is 4.90. The van der Waals surface area contributed by atoms with E-state index in [1.54, 1.807) is 6.20 Å². The van der Waals surface area contributed by atoms with Crippen molar-refractivity contribution < 1.29 is 9.59 Å². The van der Waals surface area contributed by atoms with Gasteiger partial charge in [0.15, 0.2) is 0 Å². The van der Waals surface area contributed by atoms with Gasteiger partial charge in [0, 0.05) is 58.1 Å². The van der Waals surface area contributed by atoms with Gasteiger partial charge in [-0.15, -0.1) is 0 Å². The number of hydrogen-bond acceptors (Lipinski definition) is 4. The van der Waals surface area contributed by atoms with Gasteiger partial charge in [0.2, 0.25) is 11.8 Å². The minimum atomic E-state index is 0.173. The molecule has 3 aliphatic heterocycles. The van der Waals surface area contributed by atoms with Gasteiger partial charge in [0.1, 0.15) is 0 Å². The second-order valence-electron chi connectivity index (χ2n) is 8.48. The topological polar surface area (TPSA) is 70.5 Å². The van der Waals surface area contributed by atoms with Gasteiger partial charge >= 0.3 is 0 Å². The van der Waals surface area contributed by atoms with E-state index >= 15 is 0 Å². The Bertz CT molecular complexity index is 645. The number of likely N-dealkylation sites (tertiary alicyclic amines) is 2. The molecule has 1 N–H and O–H groups in total. The maximum Gasteiger partial charge on any atom is 0.227 e. The minimum absolute atomic E-state index is 0.173. The van der Waals surface area contributed by atoms with Gasteiger partial charge in [0.25, 0.3) is 0 Å². The Kier molecular flexibility index (Phi) is 5.48. The number of imidazole rings is 1. The summed E-state index contributed by atoms with van der Waals surface area (Å²) in [6.45, 7) is 6.08. The van der Waals surface area contributed by atoms with Crippen molar-refractivity contribution in [2.75, 3.05) is 39.3 Å². The average molecular weight is 374 g/mol. The Morgan fingerprint density at radius 2 is 2.11 bits per heavy atom. The third-order valence-corrected chi connectivity index (χ3v) is 6.70. The molecule has 1 unspecified atom stereocenters. The number of carbonyl (C=O) groups is 2. The Balaban J connectivity index is 1.28. The van der Waals surface area contributed by atoms with Crippen LogP contribution in [0.4, 0.5) is 0 Å². The van der Waals surface area contributed by atoms with Crippen molar-refractivity contribution in [2.45, 2.75) is 45.1 Å². The van der Waals surface area contributed by atoms with Gasteiger partial charge in [-0.2, -0.15) is 0 Å². The third-order valence-electron chi connectivity index (χ3n) is 6.70. The van der Waals surface area contributed by atoms with E-state index in [-0.39, 0.29) is 11.3 Å². The van der Waals surface area contributed by atoms with E-state index in [1.165, 1.54) is 0 Å². The van der Waals surface area contributed by atoms with Crippen molar-refractivity contribution >= 4 is 11.8 Å². The first-order chi connectivity index (χ1) is 13.2. The molecule has 0 aliphatic carbocycles. The van der Waals surface area contributed by atoms with Crippen molar-refractivity contribution in [1.29, 1.82) is 0 Å². The molecule has 0 bridgehead atoms. The number of carbonyl (C=O) groups excluding carboxylic acids is 2. The quantitative estimate of drug-likeness (QED) is 0.840. The second-order valence-corrected chi connectivity index (χ2v) is 8.48. The Morgan fingerprint density at radius 3 is 2.81 bits per heavy atom. The molecule has 3 aliphatic rings. The molecule has 0 aromatic carbocycles. The lowest BCUT2D eigenvalue weighted by molar-refractivity contribution is -0.144. The van der Waals surface area contributed by atoms with Crippen LogP contribution in [0.5, 0.6) is 0 Å². The standard InChI is InChI=1S/C20H31N5O2/c26-18-2-4-20(15-25(18)10-1-9-23-13-8-22-16-23)5-11-24(12-6-20)19(27)17-3-7-21-14-17/h8,13,16-17,21H,1-7,9-12,14-15H2. The predicted octanol–water partition coefficient (Wildman–Crippen LogP) is 1.11. The second kappa shape index (κ2) is 8.00. The van der Waals surface area contributed by atoms with E-state index in [9.17, 15) is 9.59 Å². The number of aromatic nitrogens is 2. The molecule has 2 amide bonds. The normalized spacial score (nSPS) is 25.3. The Hall–Kier alpha value is -1.89. The molecular weight excluding hydrogens is 342 g/mol. The molecule has 4 rings (SSSR count). The number of nitrogens with zero attached hydrogens (tertiary/aromatic N) is 4. The summed E-state index contributed by atoms with van der Waals surface area (Å²) < 4.78 is 2.06. The lowest BCUT2D eigenvalue weighted by Crippen LogP contribution is -2.53. The molecule has 7 heteroatoms. The number of piperidine rings is 2. The van der Waals surface area contributed by atoms with E-state index in [1.807, 2.05) is 12.5 Å². The first kappa shape index (κ1) is 18.5. The van der Waals surface area contributed by atoms with Gasteiger partial charge < -0.3 is 19.7 Å². The molecule has 27 heavy (non-hydrogen) atoms. The summed E-state index contributed by atoms with van der Waals surface area (Å²) in [7, 11) is 0. The van der Waals surface area contributed by atoms with Crippen molar-refractivity contribution in [3.63, 3.8) is 0 Å². The van der Waals surface area contributed by atoms with Crippen molar-refractivity contribution in [1.82, 2.24) is 24.7 Å². The zero-order chi connectivity index (χ0) is 18.7. The summed E-state index contributed by atoms with van der Waals surface area (Å²) in [4.78, 5) is 33.3. The maximum absolute atomic E-state index is 12.7. The molecule has 1 atom stereocenters. The first-order valence-electron chi connectivity index (χ1n) is 10.4. The highest BCUT2D eigenvalue weighted by molar-refractivity contribution is 5.79. The van der Waals surface area contributed by atoms with Crippen LogP contribution >= 0.6 is 0 Å². The van der Waals surface area contributed by atoms with Gasteiger partial charge in [-0.25, -0.2) is 4.98 Å². The fraction of sp³-hybridized carbons (Fsp3) is 0.750. The van der Waals surface area contributed by atoms with Crippen molar-refractivity contribution in [3.8, 4) is 0 Å². The van der Waals surface area contributed by atoms with Crippen LogP contribution in [0.3, 0.4) is 0 Å². The highest BCUT2D eigenvalue weighted by Crippen LogP contribution is 2.40. The van der Waals surface area contributed by atoms with Crippen molar-refractivity contribution in [3.05, 3.63) is 18.7 Å². The molecule has 3 fully saturated rings. The first-order valence-corrected chi connectivity index (χ1v) is 10.4. The van der Waals surface area contributed by atoms with Crippen LogP contribution in [0, 0.1) is 11.3 Å². The van der Waals surface area contributed by atoms with Crippen LogP contribution in [0.1, 0.15) is 38.5 Å². The van der Waals surface area contributed by atoms with Crippen LogP contribution in [-0.2, 0) is 16.1 Å². The van der Waals surface area contributed by atoms with E-state index in [4.69, 9.17) is 0 Å². The summed E-state index contributed by atoms with van der Waals surface area (Å²) in [5.74, 6) is 0.798.